The number of hydrogen-bond acceptors (Lipinski definition) is 3. The minimum Gasteiger partial charge on any atom is -0.350 e. The molecular weight excluding hydrogens is 379 g/mol. The van der Waals surface area contributed by atoms with Gasteiger partial charge in [-0.15, -0.1) is 0 Å². The van der Waals surface area contributed by atoms with Crippen molar-refractivity contribution in [1.82, 2.24) is 14.9 Å². The lowest BCUT2D eigenvalue weighted by Crippen LogP contribution is -2.23. The maximum absolute atomic E-state index is 13.5. The lowest BCUT2D eigenvalue weighted by molar-refractivity contribution is -0.119. The van der Waals surface area contributed by atoms with Gasteiger partial charge in [-0.3, -0.25) is 9.36 Å². The molecule has 0 bridgehead atoms. The van der Waals surface area contributed by atoms with Crippen LogP contribution in [0.25, 0.3) is 27.8 Å². The summed E-state index contributed by atoms with van der Waals surface area (Å²) < 4.78 is 15.5. The zero-order chi connectivity index (χ0) is 21.3. The fourth-order valence-electron chi connectivity index (χ4n) is 3.58. The molecule has 6 heteroatoms. The molecule has 1 amide bonds. The predicted molar refractivity (Wildman–Crippen MR) is 113 cm³/mol. The molecule has 0 spiro atoms. The molecule has 5 nitrogen and oxygen atoms in total. The Balaban J connectivity index is 1.74. The van der Waals surface area contributed by atoms with Gasteiger partial charge in [-0.05, 0) is 60.0 Å². The van der Waals surface area contributed by atoms with Crippen LogP contribution < -0.4 is 5.32 Å². The number of halogens is 1. The molecule has 148 valence electrons. The molecule has 1 N–H and O–H groups in total. The maximum Gasteiger partial charge on any atom is 0.217 e. The first kappa shape index (κ1) is 19.3. The molecule has 1 aromatic heterocycles. The Morgan fingerprint density at radius 2 is 2.00 bits per heavy atom. The van der Waals surface area contributed by atoms with Crippen molar-refractivity contribution in [2.24, 2.45) is 0 Å². The van der Waals surface area contributed by atoms with Crippen molar-refractivity contribution in [1.29, 1.82) is 5.26 Å². The molecule has 4 aromatic rings. The molecule has 0 radical (unpaired) electrons. The molecule has 4 rings (SSSR count). The number of benzene rings is 3. The second kappa shape index (κ2) is 7.80. The molecule has 0 fully saturated rings. The lowest BCUT2D eigenvalue weighted by Gasteiger charge is -2.13. The standard InChI is InChI=1S/C24H19FN4O/c1-15(28-16(2)30)17-6-9-24-23(12-17)27-14-29(24)21-5-3-4-18(11-21)22-8-7-20(25)10-19(22)13-26/h3-12,14-15H,1-2H3,(H,28,30)/t15-/m0/s1. The van der Waals surface area contributed by atoms with E-state index in [-0.39, 0.29) is 11.9 Å². The molecule has 0 aliphatic carbocycles. The summed E-state index contributed by atoms with van der Waals surface area (Å²) in [6.07, 6.45) is 1.74. The van der Waals surface area contributed by atoms with E-state index in [2.05, 4.69) is 16.4 Å². The number of hydrogen-bond donors (Lipinski definition) is 1. The van der Waals surface area contributed by atoms with Crippen molar-refractivity contribution in [3.8, 4) is 22.9 Å². The molecular formula is C24H19FN4O. The van der Waals surface area contributed by atoms with Crippen molar-refractivity contribution < 1.29 is 9.18 Å². The van der Waals surface area contributed by atoms with Gasteiger partial charge in [-0.1, -0.05) is 24.3 Å². The highest BCUT2D eigenvalue weighted by atomic mass is 19.1. The van der Waals surface area contributed by atoms with Crippen LogP contribution >= 0.6 is 0 Å². The van der Waals surface area contributed by atoms with Crippen molar-refractivity contribution >= 4 is 16.9 Å². The fraction of sp³-hybridized carbons (Fsp3) is 0.125. The van der Waals surface area contributed by atoms with Gasteiger partial charge in [-0.25, -0.2) is 9.37 Å². The number of rotatable bonds is 4. The third-order valence-corrected chi connectivity index (χ3v) is 5.03. The average Bonchev–Trinajstić information content (AvgIpc) is 3.16. The lowest BCUT2D eigenvalue weighted by atomic mass is 10.00. The average molecular weight is 398 g/mol. The summed E-state index contributed by atoms with van der Waals surface area (Å²) in [6, 6.07) is 19.8. The van der Waals surface area contributed by atoms with Crippen molar-refractivity contribution in [3.05, 3.63) is 83.9 Å². The third-order valence-electron chi connectivity index (χ3n) is 5.03. The van der Waals surface area contributed by atoms with Crippen LogP contribution in [-0.2, 0) is 4.79 Å². The van der Waals surface area contributed by atoms with Gasteiger partial charge in [0.15, 0.2) is 0 Å². The topological polar surface area (TPSA) is 70.7 Å². The van der Waals surface area contributed by atoms with Crippen LogP contribution in [0.1, 0.15) is 31.0 Å². The molecule has 1 heterocycles. The van der Waals surface area contributed by atoms with Gasteiger partial charge in [0.2, 0.25) is 5.91 Å². The number of carbonyl (C=O) groups is 1. The third kappa shape index (κ3) is 3.65. The van der Waals surface area contributed by atoms with E-state index in [9.17, 15) is 14.4 Å². The zero-order valence-electron chi connectivity index (χ0n) is 16.6. The van der Waals surface area contributed by atoms with Crippen molar-refractivity contribution in [2.45, 2.75) is 19.9 Å². The van der Waals surface area contributed by atoms with Crippen LogP contribution in [0.15, 0.2) is 67.0 Å². The fourth-order valence-corrected chi connectivity index (χ4v) is 3.58. The summed E-state index contributed by atoms with van der Waals surface area (Å²) >= 11 is 0. The van der Waals surface area contributed by atoms with Gasteiger partial charge in [0.1, 0.15) is 12.1 Å². The number of imidazole rings is 1. The van der Waals surface area contributed by atoms with Crippen LogP contribution in [0.5, 0.6) is 0 Å². The molecule has 0 unspecified atom stereocenters. The first-order valence-corrected chi connectivity index (χ1v) is 9.51. The zero-order valence-corrected chi connectivity index (χ0v) is 16.6. The van der Waals surface area contributed by atoms with Gasteiger partial charge in [0.25, 0.3) is 0 Å². The Bertz CT molecular complexity index is 1300. The second-order valence-corrected chi connectivity index (χ2v) is 7.14. The number of carbonyl (C=O) groups excluding carboxylic acids is 1. The van der Waals surface area contributed by atoms with Gasteiger partial charge in [0.05, 0.1) is 28.7 Å². The second-order valence-electron chi connectivity index (χ2n) is 7.14. The van der Waals surface area contributed by atoms with Crippen molar-refractivity contribution in [3.63, 3.8) is 0 Å². The van der Waals surface area contributed by atoms with Crippen LogP contribution in [-0.4, -0.2) is 15.5 Å². The summed E-state index contributed by atoms with van der Waals surface area (Å²) in [5, 5.41) is 12.2. The Morgan fingerprint density at radius 1 is 1.17 bits per heavy atom. The van der Waals surface area contributed by atoms with Gasteiger partial charge in [0, 0.05) is 12.6 Å². The summed E-state index contributed by atoms with van der Waals surface area (Å²) in [6.45, 7) is 3.42. The van der Waals surface area contributed by atoms with Gasteiger partial charge < -0.3 is 5.32 Å². The summed E-state index contributed by atoms with van der Waals surface area (Å²) in [5.74, 6) is -0.515. The summed E-state index contributed by atoms with van der Waals surface area (Å²) in [5.41, 5.74) is 5.38. The van der Waals surface area contributed by atoms with E-state index in [0.717, 1.165) is 27.8 Å². The van der Waals surface area contributed by atoms with Gasteiger partial charge in [-0.2, -0.15) is 5.26 Å². The minimum atomic E-state index is -0.434. The number of nitrogens with zero attached hydrogens (tertiary/aromatic N) is 3. The normalized spacial score (nSPS) is 11.8. The van der Waals surface area contributed by atoms with E-state index in [1.165, 1.54) is 19.1 Å². The van der Waals surface area contributed by atoms with Crippen molar-refractivity contribution in [2.75, 3.05) is 0 Å². The van der Waals surface area contributed by atoms with E-state index < -0.39 is 5.82 Å². The summed E-state index contributed by atoms with van der Waals surface area (Å²) in [7, 11) is 0. The quantitative estimate of drug-likeness (QED) is 0.531. The van der Waals surface area contributed by atoms with Gasteiger partial charge >= 0.3 is 0 Å². The monoisotopic (exact) mass is 398 g/mol. The first-order chi connectivity index (χ1) is 14.5. The SMILES string of the molecule is CC(=O)N[C@@H](C)c1ccc2c(c1)ncn2-c1cccc(-c2ccc(F)cc2C#N)c1. The number of aromatic nitrogens is 2. The molecule has 0 saturated heterocycles. The predicted octanol–water partition coefficient (Wildman–Crippen LogP) is 4.90. The molecule has 3 aromatic carbocycles. The highest BCUT2D eigenvalue weighted by molar-refractivity contribution is 5.80. The minimum absolute atomic E-state index is 0.0810. The smallest absolute Gasteiger partial charge is 0.217 e. The molecule has 0 aliphatic heterocycles. The van der Waals surface area contributed by atoms with E-state index in [1.54, 1.807) is 12.4 Å². The summed E-state index contributed by atoms with van der Waals surface area (Å²) in [4.78, 5) is 15.8. The first-order valence-electron chi connectivity index (χ1n) is 9.51. The Morgan fingerprint density at radius 3 is 2.77 bits per heavy atom. The van der Waals surface area contributed by atoms with Crippen LogP contribution in [0, 0.1) is 17.1 Å². The molecule has 0 saturated carbocycles. The van der Waals surface area contributed by atoms with E-state index >= 15 is 0 Å². The number of nitriles is 1. The number of nitrogens with one attached hydrogen (secondary N) is 1. The van der Waals surface area contributed by atoms with Crippen LogP contribution in [0.2, 0.25) is 0 Å². The van der Waals surface area contributed by atoms with Crippen LogP contribution in [0.3, 0.4) is 0 Å². The molecule has 0 aliphatic rings. The van der Waals surface area contributed by atoms with Crippen LogP contribution in [0.4, 0.5) is 4.39 Å². The van der Waals surface area contributed by atoms with E-state index in [1.807, 2.05) is 54.0 Å². The Hall–Kier alpha value is -3.98. The molecule has 30 heavy (non-hydrogen) atoms. The Kier molecular flexibility index (Phi) is 5.03. The highest BCUT2D eigenvalue weighted by Gasteiger charge is 2.12. The highest BCUT2D eigenvalue weighted by Crippen LogP contribution is 2.28. The maximum atomic E-state index is 13.5. The largest absolute Gasteiger partial charge is 0.350 e. The van der Waals surface area contributed by atoms with E-state index in [4.69, 9.17) is 0 Å². The number of fused-ring (bicyclic) bond motifs is 1. The number of amides is 1. The Labute approximate surface area is 173 Å². The molecule has 1 atom stereocenters. The van der Waals surface area contributed by atoms with E-state index in [0.29, 0.717) is 11.1 Å².